The monoisotopic (exact) mass is 280 g/mol. The van der Waals surface area contributed by atoms with Crippen molar-refractivity contribution < 1.29 is 14.0 Å². The van der Waals surface area contributed by atoms with Crippen molar-refractivity contribution in [2.75, 3.05) is 11.9 Å². The van der Waals surface area contributed by atoms with Gasteiger partial charge in [-0.2, -0.15) is 0 Å². The lowest BCUT2D eigenvalue weighted by Gasteiger charge is -2.26. The van der Waals surface area contributed by atoms with E-state index in [0.29, 0.717) is 12.1 Å². The first-order valence-electron chi connectivity index (χ1n) is 6.79. The van der Waals surface area contributed by atoms with Gasteiger partial charge in [0.05, 0.1) is 0 Å². The highest BCUT2D eigenvalue weighted by Gasteiger charge is 2.19. The Labute approximate surface area is 119 Å². The molecule has 0 saturated heterocycles. The van der Waals surface area contributed by atoms with Gasteiger partial charge in [-0.05, 0) is 44.5 Å². The molecule has 4 nitrogen and oxygen atoms in total. The number of hydrogen-bond acceptors (Lipinski definition) is 2. The molecule has 0 saturated carbocycles. The average Bonchev–Trinajstić information content (AvgIpc) is 2.38. The quantitative estimate of drug-likeness (QED) is 0.871. The molecule has 0 radical (unpaired) electrons. The van der Waals surface area contributed by atoms with Gasteiger partial charge in [-0.3, -0.25) is 9.59 Å². The Kier molecular flexibility index (Phi) is 6.15. The van der Waals surface area contributed by atoms with Gasteiger partial charge in [0.2, 0.25) is 11.8 Å². The van der Waals surface area contributed by atoms with E-state index < -0.39 is 0 Å². The Morgan fingerprint density at radius 1 is 1.25 bits per heavy atom. The normalized spacial score (nSPS) is 10.4. The standard InChI is InChI=1S/C15H21FN2O2/c1-4-5-15(20)18(11(2)3)10-14(19)17-13-8-6-12(16)7-9-13/h6-9,11H,4-5,10H2,1-3H3,(H,17,19). The number of nitrogens with zero attached hydrogens (tertiary/aromatic N) is 1. The summed E-state index contributed by atoms with van der Waals surface area (Å²) in [4.78, 5) is 25.4. The third kappa shape index (κ3) is 4.99. The predicted octanol–water partition coefficient (Wildman–Crippen LogP) is 2.80. The van der Waals surface area contributed by atoms with E-state index in [1.165, 1.54) is 24.3 Å². The summed E-state index contributed by atoms with van der Waals surface area (Å²) in [5.74, 6) is -0.670. The lowest BCUT2D eigenvalue weighted by Crippen LogP contribution is -2.42. The highest BCUT2D eigenvalue weighted by molar-refractivity contribution is 5.94. The van der Waals surface area contributed by atoms with E-state index in [9.17, 15) is 14.0 Å². The number of nitrogens with one attached hydrogen (secondary N) is 1. The molecule has 0 unspecified atom stereocenters. The fraction of sp³-hybridized carbons (Fsp3) is 0.467. The summed E-state index contributed by atoms with van der Waals surface area (Å²) < 4.78 is 12.8. The summed E-state index contributed by atoms with van der Waals surface area (Å²) in [5.41, 5.74) is 0.517. The van der Waals surface area contributed by atoms with E-state index in [1.807, 2.05) is 20.8 Å². The molecule has 0 aromatic heterocycles. The van der Waals surface area contributed by atoms with Gasteiger partial charge in [0.15, 0.2) is 0 Å². The minimum atomic E-state index is -0.357. The highest BCUT2D eigenvalue weighted by atomic mass is 19.1. The fourth-order valence-electron chi connectivity index (χ4n) is 1.80. The Bertz CT molecular complexity index is 457. The SMILES string of the molecule is CCCC(=O)N(CC(=O)Nc1ccc(F)cc1)C(C)C. The molecule has 0 aliphatic heterocycles. The number of benzene rings is 1. The van der Waals surface area contributed by atoms with Crippen molar-refractivity contribution in [3.05, 3.63) is 30.1 Å². The van der Waals surface area contributed by atoms with Crippen molar-refractivity contribution in [1.29, 1.82) is 0 Å². The maximum atomic E-state index is 12.8. The van der Waals surface area contributed by atoms with Gasteiger partial charge in [0, 0.05) is 18.2 Å². The number of rotatable bonds is 6. The molecule has 1 aromatic carbocycles. The van der Waals surface area contributed by atoms with Gasteiger partial charge in [-0.25, -0.2) is 4.39 Å². The fourth-order valence-corrected chi connectivity index (χ4v) is 1.80. The van der Waals surface area contributed by atoms with Crippen molar-refractivity contribution >= 4 is 17.5 Å². The molecule has 5 heteroatoms. The molecule has 0 heterocycles. The molecule has 0 aliphatic rings. The summed E-state index contributed by atoms with van der Waals surface area (Å²) in [5, 5.41) is 2.65. The third-order valence-electron chi connectivity index (χ3n) is 2.85. The van der Waals surface area contributed by atoms with Crippen LogP contribution in [0.4, 0.5) is 10.1 Å². The molecule has 1 aromatic rings. The molecule has 0 atom stereocenters. The summed E-state index contributed by atoms with van der Waals surface area (Å²) in [6, 6.07) is 5.49. The summed E-state index contributed by atoms with van der Waals surface area (Å²) in [6.45, 7) is 5.68. The minimum Gasteiger partial charge on any atom is -0.331 e. The Hall–Kier alpha value is -1.91. The van der Waals surface area contributed by atoms with E-state index >= 15 is 0 Å². The third-order valence-corrected chi connectivity index (χ3v) is 2.85. The molecule has 110 valence electrons. The lowest BCUT2D eigenvalue weighted by molar-refractivity contribution is -0.136. The largest absolute Gasteiger partial charge is 0.331 e. The number of amides is 2. The lowest BCUT2D eigenvalue weighted by atomic mass is 10.2. The van der Waals surface area contributed by atoms with E-state index in [-0.39, 0.29) is 30.2 Å². The van der Waals surface area contributed by atoms with Crippen molar-refractivity contribution in [2.45, 2.75) is 39.7 Å². The first-order chi connectivity index (χ1) is 9.43. The number of carbonyl (C=O) groups excluding carboxylic acids is 2. The Morgan fingerprint density at radius 2 is 1.85 bits per heavy atom. The molecule has 2 amide bonds. The van der Waals surface area contributed by atoms with Crippen molar-refractivity contribution in [3.63, 3.8) is 0 Å². The second-order valence-corrected chi connectivity index (χ2v) is 4.92. The first-order valence-corrected chi connectivity index (χ1v) is 6.79. The highest BCUT2D eigenvalue weighted by Crippen LogP contribution is 2.09. The number of hydrogen-bond donors (Lipinski definition) is 1. The topological polar surface area (TPSA) is 49.4 Å². The second kappa shape index (κ2) is 7.62. The molecule has 0 aliphatic carbocycles. The minimum absolute atomic E-state index is 0.00781. The van der Waals surface area contributed by atoms with Crippen LogP contribution in [-0.2, 0) is 9.59 Å². The van der Waals surface area contributed by atoms with E-state index in [0.717, 1.165) is 6.42 Å². The van der Waals surface area contributed by atoms with Crippen LogP contribution in [0, 0.1) is 5.82 Å². The maximum absolute atomic E-state index is 12.8. The molecule has 1 N–H and O–H groups in total. The van der Waals surface area contributed by atoms with Crippen LogP contribution in [0.2, 0.25) is 0 Å². The summed E-state index contributed by atoms with van der Waals surface area (Å²) in [7, 11) is 0. The summed E-state index contributed by atoms with van der Waals surface area (Å²) >= 11 is 0. The molecule has 1 rings (SSSR count). The summed E-state index contributed by atoms with van der Waals surface area (Å²) in [6.07, 6.45) is 1.18. The maximum Gasteiger partial charge on any atom is 0.244 e. The zero-order valence-corrected chi connectivity index (χ0v) is 12.1. The van der Waals surface area contributed by atoms with E-state index in [1.54, 1.807) is 4.90 Å². The smallest absolute Gasteiger partial charge is 0.244 e. The number of carbonyl (C=O) groups is 2. The average molecular weight is 280 g/mol. The number of halogens is 1. The van der Waals surface area contributed by atoms with Crippen LogP contribution in [0.15, 0.2) is 24.3 Å². The van der Waals surface area contributed by atoms with Gasteiger partial charge in [-0.1, -0.05) is 6.92 Å². The van der Waals surface area contributed by atoms with Gasteiger partial charge in [0.1, 0.15) is 12.4 Å². The zero-order valence-electron chi connectivity index (χ0n) is 12.1. The van der Waals surface area contributed by atoms with Crippen molar-refractivity contribution in [2.24, 2.45) is 0 Å². The van der Waals surface area contributed by atoms with Crippen LogP contribution < -0.4 is 5.32 Å². The van der Waals surface area contributed by atoms with Gasteiger partial charge < -0.3 is 10.2 Å². The molecular formula is C15H21FN2O2. The van der Waals surface area contributed by atoms with Crippen molar-refractivity contribution in [1.82, 2.24) is 4.90 Å². The number of anilines is 1. The van der Waals surface area contributed by atoms with Gasteiger partial charge in [-0.15, -0.1) is 0 Å². The van der Waals surface area contributed by atoms with Crippen LogP contribution in [0.25, 0.3) is 0 Å². The van der Waals surface area contributed by atoms with Crippen LogP contribution in [-0.4, -0.2) is 29.3 Å². The molecule has 20 heavy (non-hydrogen) atoms. The van der Waals surface area contributed by atoms with Crippen LogP contribution in [0.1, 0.15) is 33.6 Å². The van der Waals surface area contributed by atoms with E-state index in [4.69, 9.17) is 0 Å². The second-order valence-electron chi connectivity index (χ2n) is 4.92. The molecular weight excluding hydrogens is 259 g/mol. The van der Waals surface area contributed by atoms with Gasteiger partial charge >= 0.3 is 0 Å². The molecule has 0 fully saturated rings. The Morgan fingerprint density at radius 3 is 2.35 bits per heavy atom. The zero-order chi connectivity index (χ0) is 15.1. The van der Waals surface area contributed by atoms with Crippen molar-refractivity contribution in [3.8, 4) is 0 Å². The molecule has 0 spiro atoms. The van der Waals surface area contributed by atoms with Crippen LogP contribution >= 0.6 is 0 Å². The van der Waals surface area contributed by atoms with Crippen LogP contribution in [0.3, 0.4) is 0 Å². The first kappa shape index (κ1) is 16.1. The molecule has 0 bridgehead atoms. The predicted molar refractivity (Wildman–Crippen MR) is 76.8 cm³/mol. The van der Waals surface area contributed by atoms with Gasteiger partial charge in [0.25, 0.3) is 0 Å². The van der Waals surface area contributed by atoms with Crippen LogP contribution in [0.5, 0.6) is 0 Å². The van der Waals surface area contributed by atoms with E-state index in [2.05, 4.69) is 5.32 Å². The Balaban J connectivity index is 2.62.